The first kappa shape index (κ1) is 17.1. The minimum absolute atomic E-state index is 0.122. The molecule has 0 aromatic rings. The molecular formula is C15H27N3O4S. The van der Waals surface area contributed by atoms with Gasteiger partial charge in [0.2, 0.25) is 15.9 Å². The highest BCUT2D eigenvalue weighted by atomic mass is 32.2. The van der Waals surface area contributed by atoms with E-state index in [1.54, 1.807) is 0 Å². The van der Waals surface area contributed by atoms with Gasteiger partial charge in [0.25, 0.3) is 0 Å². The standard InChI is InChI=1S/C15H27N3O4S/c1-23(21,22)18-9-4-5-15(18)6-10-16(11-13(15)19)12-14(20)17-7-2-3-8-17/h13,19H,2-12H2,1H3/t13-,15-/m0/s1. The molecule has 0 unspecified atom stereocenters. The lowest BCUT2D eigenvalue weighted by Gasteiger charge is -2.47. The van der Waals surface area contributed by atoms with Crippen LogP contribution in [0.1, 0.15) is 32.1 Å². The van der Waals surface area contributed by atoms with E-state index in [2.05, 4.69) is 0 Å². The second kappa shape index (κ2) is 6.31. The molecule has 0 aromatic carbocycles. The summed E-state index contributed by atoms with van der Waals surface area (Å²) in [5.74, 6) is 0.122. The fourth-order valence-electron chi connectivity index (χ4n) is 4.38. The van der Waals surface area contributed by atoms with Crippen molar-refractivity contribution in [2.75, 3.05) is 45.5 Å². The van der Waals surface area contributed by atoms with Crippen molar-refractivity contribution >= 4 is 15.9 Å². The highest BCUT2D eigenvalue weighted by molar-refractivity contribution is 7.88. The molecule has 1 amide bonds. The average Bonchev–Trinajstić information content (AvgIpc) is 3.13. The lowest BCUT2D eigenvalue weighted by atomic mass is 9.83. The minimum atomic E-state index is -3.32. The third-order valence-electron chi connectivity index (χ3n) is 5.60. The third-order valence-corrected chi connectivity index (χ3v) is 6.94. The summed E-state index contributed by atoms with van der Waals surface area (Å²) in [6.07, 6.45) is 4.71. The summed E-state index contributed by atoms with van der Waals surface area (Å²) in [4.78, 5) is 16.1. The number of amides is 1. The topological polar surface area (TPSA) is 81.2 Å². The van der Waals surface area contributed by atoms with Gasteiger partial charge in [0.1, 0.15) is 0 Å². The SMILES string of the molecule is CS(=O)(=O)N1CCC[C@@]12CCN(CC(=O)N1CCCC1)C[C@@H]2O. The van der Waals surface area contributed by atoms with E-state index in [4.69, 9.17) is 0 Å². The third kappa shape index (κ3) is 3.26. The van der Waals surface area contributed by atoms with E-state index in [1.807, 2.05) is 9.80 Å². The molecule has 3 aliphatic rings. The highest BCUT2D eigenvalue weighted by Crippen LogP contribution is 2.40. The number of hydrogen-bond acceptors (Lipinski definition) is 5. The highest BCUT2D eigenvalue weighted by Gasteiger charge is 2.52. The van der Waals surface area contributed by atoms with Crippen molar-refractivity contribution in [1.29, 1.82) is 0 Å². The van der Waals surface area contributed by atoms with Gasteiger partial charge in [-0.3, -0.25) is 9.69 Å². The summed E-state index contributed by atoms with van der Waals surface area (Å²) in [6.45, 7) is 3.50. The van der Waals surface area contributed by atoms with Crippen LogP contribution in [0.3, 0.4) is 0 Å². The molecule has 2 atom stereocenters. The van der Waals surface area contributed by atoms with Crippen LogP contribution in [-0.2, 0) is 14.8 Å². The van der Waals surface area contributed by atoms with Crippen molar-refractivity contribution in [3.8, 4) is 0 Å². The van der Waals surface area contributed by atoms with Crippen LogP contribution in [0, 0.1) is 0 Å². The number of nitrogens with zero attached hydrogens (tertiary/aromatic N) is 3. The minimum Gasteiger partial charge on any atom is -0.390 e. The summed E-state index contributed by atoms with van der Waals surface area (Å²) in [5.41, 5.74) is -0.666. The summed E-state index contributed by atoms with van der Waals surface area (Å²) in [6, 6.07) is 0. The van der Waals surface area contributed by atoms with Crippen molar-refractivity contribution in [2.45, 2.75) is 43.7 Å². The average molecular weight is 345 g/mol. The Morgan fingerprint density at radius 2 is 1.83 bits per heavy atom. The first-order valence-electron chi connectivity index (χ1n) is 8.49. The van der Waals surface area contributed by atoms with Crippen molar-refractivity contribution in [1.82, 2.24) is 14.1 Å². The Hall–Kier alpha value is -0.700. The maximum absolute atomic E-state index is 12.3. The number of carbonyl (C=O) groups is 1. The van der Waals surface area contributed by atoms with Gasteiger partial charge in [-0.05, 0) is 32.1 Å². The van der Waals surface area contributed by atoms with Gasteiger partial charge in [0, 0.05) is 32.7 Å². The van der Waals surface area contributed by atoms with Crippen LogP contribution >= 0.6 is 0 Å². The number of carbonyl (C=O) groups excluding carboxylic acids is 1. The predicted octanol–water partition coefficient (Wildman–Crippen LogP) is -0.530. The number of aliphatic hydroxyl groups excluding tert-OH is 1. The summed E-state index contributed by atoms with van der Waals surface area (Å²) >= 11 is 0. The largest absolute Gasteiger partial charge is 0.390 e. The normalized spacial score (nSPS) is 33.7. The molecule has 23 heavy (non-hydrogen) atoms. The van der Waals surface area contributed by atoms with Gasteiger partial charge in [-0.25, -0.2) is 8.42 Å². The second-order valence-electron chi connectivity index (χ2n) is 7.13. The number of hydrogen-bond donors (Lipinski definition) is 1. The number of sulfonamides is 1. The molecule has 0 aliphatic carbocycles. The molecule has 3 aliphatic heterocycles. The zero-order valence-corrected chi connectivity index (χ0v) is 14.6. The van der Waals surface area contributed by atoms with Crippen LogP contribution in [0.5, 0.6) is 0 Å². The molecule has 1 N–H and O–H groups in total. The first-order valence-corrected chi connectivity index (χ1v) is 10.3. The van der Waals surface area contributed by atoms with E-state index in [0.717, 1.165) is 32.4 Å². The number of β-amino-alcohol motifs (C(OH)–C–C–N with tert-alkyl or cyclic N) is 1. The van der Waals surface area contributed by atoms with Crippen LogP contribution < -0.4 is 0 Å². The van der Waals surface area contributed by atoms with Crippen LogP contribution in [0.2, 0.25) is 0 Å². The molecule has 0 aromatic heterocycles. The van der Waals surface area contributed by atoms with E-state index in [1.165, 1.54) is 10.6 Å². The maximum Gasteiger partial charge on any atom is 0.236 e. The Labute approximate surface area is 138 Å². The second-order valence-corrected chi connectivity index (χ2v) is 9.04. The Balaban J connectivity index is 1.64. The van der Waals surface area contributed by atoms with Gasteiger partial charge in [-0.1, -0.05) is 0 Å². The van der Waals surface area contributed by atoms with E-state index >= 15 is 0 Å². The lowest BCUT2D eigenvalue weighted by molar-refractivity contribution is -0.133. The van der Waals surface area contributed by atoms with Gasteiger partial charge < -0.3 is 10.0 Å². The van der Waals surface area contributed by atoms with Crippen LogP contribution in [0.15, 0.2) is 0 Å². The van der Waals surface area contributed by atoms with Gasteiger partial charge in [0.15, 0.2) is 0 Å². The molecule has 1 spiro atoms. The molecule has 132 valence electrons. The molecule has 0 bridgehead atoms. The Morgan fingerprint density at radius 3 is 2.43 bits per heavy atom. The van der Waals surface area contributed by atoms with Crippen LogP contribution in [-0.4, -0.2) is 90.7 Å². The monoisotopic (exact) mass is 345 g/mol. The molecule has 7 nitrogen and oxygen atoms in total. The van der Waals surface area contributed by atoms with Crippen molar-refractivity contribution < 1.29 is 18.3 Å². The van der Waals surface area contributed by atoms with Crippen LogP contribution in [0.4, 0.5) is 0 Å². The fraction of sp³-hybridized carbons (Fsp3) is 0.933. The molecule has 3 fully saturated rings. The van der Waals surface area contributed by atoms with Gasteiger partial charge in [-0.2, -0.15) is 4.31 Å². The van der Waals surface area contributed by atoms with Crippen molar-refractivity contribution in [3.63, 3.8) is 0 Å². The molecule has 3 heterocycles. The van der Waals surface area contributed by atoms with Crippen molar-refractivity contribution in [2.24, 2.45) is 0 Å². The zero-order chi connectivity index (χ0) is 16.7. The lowest BCUT2D eigenvalue weighted by Crippen LogP contribution is -2.63. The molecular weight excluding hydrogens is 318 g/mol. The maximum atomic E-state index is 12.3. The first-order chi connectivity index (χ1) is 10.8. The van der Waals surface area contributed by atoms with E-state index in [9.17, 15) is 18.3 Å². The van der Waals surface area contributed by atoms with E-state index in [-0.39, 0.29) is 5.91 Å². The number of rotatable bonds is 3. The van der Waals surface area contributed by atoms with E-state index in [0.29, 0.717) is 39.0 Å². The van der Waals surface area contributed by atoms with Gasteiger partial charge >= 0.3 is 0 Å². The van der Waals surface area contributed by atoms with E-state index < -0.39 is 21.7 Å². The molecule has 3 rings (SSSR count). The molecule has 8 heteroatoms. The summed E-state index contributed by atoms with van der Waals surface area (Å²) in [7, 11) is -3.32. The number of piperidine rings is 1. The van der Waals surface area contributed by atoms with Gasteiger partial charge in [-0.15, -0.1) is 0 Å². The Kier molecular flexibility index (Phi) is 4.70. The molecule has 0 radical (unpaired) electrons. The number of likely N-dealkylation sites (tertiary alicyclic amines) is 2. The van der Waals surface area contributed by atoms with Gasteiger partial charge in [0.05, 0.1) is 24.4 Å². The fourth-order valence-corrected chi connectivity index (χ4v) is 5.81. The molecule has 3 saturated heterocycles. The molecule has 0 saturated carbocycles. The quantitative estimate of drug-likeness (QED) is 0.744. The smallest absolute Gasteiger partial charge is 0.236 e. The summed E-state index contributed by atoms with van der Waals surface area (Å²) in [5, 5.41) is 10.7. The Morgan fingerprint density at radius 1 is 1.13 bits per heavy atom. The predicted molar refractivity (Wildman–Crippen MR) is 86.4 cm³/mol. The van der Waals surface area contributed by atoms with Crippen LogP contribution in [0.25, 0.3) is 0 Å². The van der Waals surface area contributed by atoms with Crippen molar-refractivity contribution in [3.05, 3.63) is 0 Å². The summed E-state index contributed by atoms with van der Waals surface area (Å²) < 4.78 is 25.5. The number of aliphatic hydroxyl groups is 1. The Bertz CT molecular complexity index is 561. The zero-order valence-electron chi connectivity index (χ0n) is 13.8.